The maximum atomic E-state index is 11.5. The van der Waals surface area contributed by atoms with Crippen LogP contribution in [0, 0.1) is 0 Å². The molecular formula is C8H6ClN3OS. The summed E-state index contributed by atoms with van der Waals surface area (Å²) in [5, 5.41) is 9.67. The minimum atomic E-state index is -0.0581. The lowest BCUT2D eigenvalue weighted by atomic mass is 10.2. The molecule has 4 nitrogen and oxygen atoms in total. The molecule has 0 aromatic carbocycles. The van der Waals surface area contributed by atoms with Gasteiger partial charge in [0, 0.05) is 11.3 Å². The Labute approximate surface area is 88.9 Å². The van der Waals surface area contributed by atoms with Gasteiger partial charge in [-0.15, -0.1) is 11.3 Å². The van der Waals surface area contributed by atoms with Crippen molar-refractivity contribution in [3.63, 3.8) is 0 Å². The van der Waals surface area contributed by atoms with Gasteiger partial charge >= 0.3 is 0 Å². The van der Waals surface area contributed by atoms with E-state index in [1.807, 2.05) is 6.07 Å². The van der Waals surface area contributed by atoms with Crippen molar-refractivity contribution in [2.24, 2.45) is 0 Å². The van der Waals surface area contributed by atoms with E-state index >= 15 is 0 Å². The van der Waals surface area contributed by atoms with E-state index in [2.05, 4.69) is 15.4 Å². The average molecular weight is 228 g/mol. The lowest BCUT2D eigenvalue weighted by molar-refractivity contribution is 0.0989. The van der Waals surface area contributed by atoms with E-state index in [0.29, 0.717) is 16.5 Å². The standard InChI is InChI=1S/C8H6ClN3OS/c9-8-2-1-5(14-8)3-7(13)6-4-10-12-11-6/h1-2,4H,3H2,(H,10,11,12). The number of hydrogen-bond donors (Lipinski definition) is 1. The average Bonchev–Trinajstić information content (AvgIpc) is 2.75. The summed E-state index contributed by atoms with van der Waals surface area (Å²) in [6.45, 7) is 0. The van der Waals surface area contributed by atoms with Crippen molar-refractivity contribution in [1.29, 1.82) is 0 Å². The number of thiophene rings is 1. The Morgan fingerprint density at radius 1 is 1.57 bits per heavy atom. The monoisotopic (exact) mass is 227 g/mol. The van der Waals surface area contributed by atoms with Crippen molar-refractivity contribution >= 4 is 28.7 Å². The zero-order valence-electron chi connectivity index (χ0n) is 7.03. The maximum absolute atomic E-state index is 11.5. The Morgan fingerprint density at radius 2 is 2.43 bits per heavy atom. The molecule has 0 aliphatic carbocycles. The topological polar surface area (TPSA) is 58.6 Å². The number of nitrogens with one attached hydrogen (secondary N) is 1. The molecule has 0 saturated heterocycles. The summed E-state index contributed by atoms with van der Waals surface area (Å²) in [5.41, 5.74) is 0.356. The molecular weight excluding hydrogens is 222 g/mol. The van der Waals surface area contributed by atoms with Gasteiger partial charge in [-0.3, -0.25) is 4.79 Å². The van der Waals surface area contributed by atoms with E-state index < -0.39 is 0 Å². The van der Waals surface area contributed by atoms with Crippen molar-refractivity contribution in [3.8, 4) is 0 Å². The summed E-state index contributed by atoms with van der Waals surface area (Å²) >= 11 is 7.14. The number of halogens is 1. The second-order valence-corrected chi connectivity index (χ2v) is 4.46. The molecule has 0 atom stereocenters. The smallest absolute Gasteiger partial charge is 0.189 e. The van der Waals surface area contributed by atoms with Crippen LogP contribution in [0.4, 0.5) is 0 Å². The molecule has 0 fully saturated rings. The summed E-state index contributed by atoms with van der Waals surface area (Å²) in [6.07, 6.45) is 1.74. The van der Waals surface area contributed by atoms with Crippen molar-refractivity contribution in [2.75, 3.05) is 0 Å². The first-order valence-electron chi connectivity index (χ1n) is 3.89. The minimum Gasteiger partial charge on any atom is -0.292 e. The molecule has 0 radical (unpaired) electrons. The lowest BCUT2D eigenvalue weighted by Crippen LogP contribution is -2.02. The molecule has 72 valence electrons. The van der Waals surface area contributed by atoms with Gasteiger partial charge in [-0.25, -0.2) is 0 Å². The molecule has 1 N–H and O–H groups in total. The normalized spacial score (nSPS) is 10.4. The Hall–Kier alpha value is -1.20. The quantitative estimate of drug-likeness (QED) is 0.816. The Kier molecular flexibility index (Phi) is 2.60. The van der Waals surface area contributed by atoms with Gasteiger partial charge in [0.1, 0.15) is 5.69 Å². The third-order valence-electron chi connectivity index (χ3n) is 1.66. The number of aromatic amines is 1. The first-order chi connectivity index (χ1) is 6.75. The molecule has 2 rings (SSSR count). The van der Waals surface area contributed by atoms with E-state index in [0.717, 1.165) is 4.88 Å². The third kappa shape index (κ3) is 2.00. The predicted octanol–water partition coefficient (Wildman–Crippen LogP) is 1.95. The highest BCUT2D eigenvalue weighted by Gasteiger charge is 2.10. The molecule has 0 spiro atoms. The van der Waals surface area contributed by atoms with E-state index in [1.54, 1.807) is 6.07 Å². The molecule has 14 heavy (non-hydrogen) atoms. The van der Waals surface area contributed by atoms with Gasteiger partial charge in [0.15, 0.2) is 5.78 Å². The number of carbonyl (C=O) groups is 1. The summed E-state index contributed by atoms with van der Waals surface area (Å²) < 4.78 is 0.688. The Morgan fingerprint density at radius 3 is 3.00 bits per heavy atom. The van der Waals surface area contributed by atoms with Gasteiger partial charge in [-0.05, 0) is 12.1 Å². The minimum absolute atomic E-state index is 0.0581. The van der Waals surface area contributed by atoms with E-state index in [4.69, 9.17) is 11.6 Å². The van der Waals surface area contributed by atoms with Crippen molar-refractivity contribution in [2.45, 2.75) is 6.42 Å². The summed E-state index contributed by atoms with van der Waals surface area (Å²) in [4.78, 5) is 12.5. The van der Waals surface area contributed by atoms with E-state index in [-0.39, 0.29) is 5.78 Å². The van der Waals surface area contributed by atoms with Crippen LogP contribution < -0.4 is 0 Å². The zero-order chi connectivity index (χ0) is 9.97. The number of carbonyl (C=O) groups excluding carboxylic acids is 1. The molecule has 2 aromatic heterocycles. The number of hydrogen-bond acceptors (Lipinski definition) is 4. The van der Waals surface area contributed by atoms with Gasteiger partial charge in [0.25, 0.3) is 0 Å². The van der Waals surface area contributed by atoms with Crippen LogP contribution in [0.1, 0.15) is 15.4 Å². The molecule has 0 saturated carbocycles. The van der Waals surface area contributed by atoms with Crippen LogP contribution >= 0.6 is 22.9 Å². The van der Waals surface area contributed by atoms with Crippen LogP contribution in [-0.2, 0) is 6.42 Å². The van der Waals surface area contributed by atoms with Gasteiger partial charge in [-0.2, -0.15) is 15.4 Å². The molecule has 6 heteroatoms. The summed E-state index contributed by atoms with van der Waals surface area (Å²) in [5.74, 6) is -0.0581. The molecule has 0 bridgehead atoms. The van der Waals surface area contributed by atoms with Crippen LogP contribution in [0.3, 0.4) is 0 Å². The number of rotatable bonds is 3. The number of ketones is 1. The molecule has 0 amide bonds. The first-order valence-corrected chi connectivity index (χ1v) is 5.08. The first kappa shape index (κ1) is 9.36. The Bertz CT molecular complexity index is 437. The SMILES string of the molecule is O=C(Cc1ccc(Cl)s1)c1cn[nH]n1. The zero-order valence-corrected chi connectivity index (χ0v) is 8.60. The molecule has 2 heterocycles. The van der Waals surface area contributed by atoms with E-state index in [9.17, 15) is 4.79 Å². The van der Waals surface area contributed by atoms with Crippen molar-refractivity contribution < 1.29 is 4.79 Å². The maximum Gasteiger partial charge on any atom is 0.189 e. The van der Waals surface area contributed by atoms with Crippen LogP contribution in [0.2, 0.25) is 4.34 Å². The highest BCUT2D eigenvalue weighted by Crippen LogP contribution is 2.22. The highest BCUT2D eigenvalue weighted by atomic mass is 35.5. The summed E-state index contributed by atoms with van der Waals surface area (Å²) in [6, 6.07) is 3.61. The van der Waals surface area contributed by atoms with Crippen LogP contribution in [0.25, 0.3) is 0 Å². The number of aromatic nitrogens is 3. The predicted molar refractivity (Wildman–Crippen MR) is 53.7 cm³/mol. The fourth-order valence-electron chi connectivity index (χ4n) is 1.03. The van der Waals surface area contributed by atoms with Crippen LogP contribution in [0.15, 0.2) is 18.3 Å². The van der Waals surface area contributed by atoms with Gasteiger partial charge in [0.05, 0.1) is 10.5 Å². The second-order valence-electron chi connectivity index (χ2n) is 2.66. The molecule has 0 aliphatic rings. The number of nitrogens with zero attached hydrogens (tertiary/aromatic N) is 2. The molecule has 2 aromatic rings. The van der Waals surface area contributed by atoms with Gasteiger partial charge < -0.3 is 0 Å². The molecule has 0 aliphatic heterocycles. The fourth-order valence-corrected chi connectivity index (χ4v) is 2.12. The second kappa shape index (κ2) is 3.89. The highest BCUT2D eigenvalue weighted by molar-refractivity contribution is 7.16. The van der Waals surface area contributed by atoms with Crippen LogP contribution in [0.5, 0.6) is 0 Å². The third-order valence-corrected chi connectivity index (χ3v) is 2.90. The lowest BCUT2D eigenvalue weighted by Gasteiger charge is -1.91. The number of H-pyrrole nitrogens is 1. The number of Topliss-reactive ketones (excluding diaryl/α,β-unsaturated/α-hetero) is 1. The van der Waals surface area contributed by atoms with E-state index in [1.165, 1.54) is 17.5 Å². The largest absolute Gasteiger partial charge is 0.292 e. The molecule has 0 unspecified atom stereocenters. The van der Waals surface area contributed by atoms with Gasteiger partial charge in [-0.1, -0.05) is 11.6 Å². The summed E-state index contributed by atoms with van der Waals surface area (Å²) in [7, 11) is 0. The Balaban J connectivity index is 2.09. The fraction of sp³-hybridized carbons (Fsp3) is 0.125. The van der Waals surface area contributed by atoms with Crippen LogP contribution in [-0.4, -0.2) is 21.2 Å². The van der Waals surface area contributed by atoms with Crippen molar-refractivity contribution in [3.05, 3.63) is 33.2 Å². The van der Waals surface area contributed by atoms with Gasteiger partial charge in [0.2, 0.25) is 0 Å². The van der Waals surface area contributed by atoms with Crippen molar-refractivity contribution in [1.82, 2.24) is 15.4 Å².